The van der Waals surface area contributed by atoms with Crippen LogP contribution in [0, 0.1) is 5.92 Å². The Kier molecular flexibility index (Phi) is 5.38. The molecule has 3 heteroatoms. The molecule has 0 aliphatic rings. The van der Waals surface area contributed by atoms with Gasteiger partial charge in [-0.3, -0.25) is 4.79 Å². The maximum Gasteiger partial charge on any atom is 0.308 e. The molecule has 2 aromatic rings. The molecule has 0 radical (unpaired) electrons. The van der Waals surface area contributed by atoms with Crippen molar-refractivity contribution in [3.63, 3.8) is 0 Å². The minimum atomic E-state index is -0.755. The molecule has 0 aromatic heterocycles. The van der Waals surface area contributed by atoms with Gasteiger partial charge in [-0.15, -0.1) is 0 Å². The van der Waals surface area contributed by atoms with Gasteiger partial charge < -0.3 is 10.4 Å². The zero-order valence-corrected chi connectivity index (χ0v) is 12.2. The Labute approximate surface area is 125 Å². The van der Waals surface area contributed by atoms with Crippen LogP contribution in [0.25, 0.3) is 0 Å². The third kappa shape index (κ3) is 4.09. The number of rotatable bonds is 7. The summed E-state index contributed by atoms with van der Waals surface area (Å²) < 4.78 is 0. The topological polar surface area (TPSA) is 49.3 Å². The van der Waals surface area contributed by atoms with E-state index < -0.39 is 11.9 Å². The zero-order valence-electron chi connectivity index (χ0n) is 12.2. The van der Waals surface area contributed by atoms with E-state index >= 15 is 0 Å². The molecule has 0 heterocycles. The van der Waals surface area contributed by atoms with Crippen LogP contribution in [0.15, 0.2) is 60.7 Å². The highest BCUT2D eigenvalue weighted by molar-refractivity contribution is 5.72. The molecule has 3 nitrogen and oxygen atoms in total. The quantitative estimate of drug-likeness (QED) is 0.794. The highest BCUT2D eigenvalue weighted by Gasteiger charge is 2.28. The van der Waals surface area contributed by atoms with Crippen molar-refractivity contribution in [3.8, 4) is 0 Å². The molecule has 0 unspecified atom stereocenters. The second kappa shape index (κ2) is 7.48. The lowest BCUT2D eigenvalue weighted by molar-refractivity contribution is -0.142. The predicted octanol–water partition coefficient (Wildman–Crippen LogP) is 4.34. The van der Waals surface area contributed by atoms with Gasteiger partial charge in [0.15, 0.2) is 0 Å². The lowest BCUT2D eigenvalue weighted by Gasteiger charge is -2.26. The van der Waals surface area contributed by atoms with Crippen molar-refractivity contribution in [3.05, 3.63) is 66.2 Å². The molecule has 110 valence electrons. The number of aliphatic carboxylic acids is 1. The van der Waals surface area contributed by atoms with Gasteiger partial charge in [0.25, 0.3) is 0 Å². The second-order valence-corrected chi connectivity index (χ2v) is 5.13. The summed E-state index contributed by atoms with van der Waals surface area (Å²) >= 11 is 0. The van der Waals surface area contributed by atoms with E-state index in [2.05, 4.69) is 5.32 Å². The molecule has 2 atom stereocenters. The van der Waals surface area contributed by atoms with Crippen LogP contribution in [0.3, 0.4) is 0 Å². The van der Waals surface area contributed by atoms with Crippen LogP contribution in [-0.4, -0.2) is 11.1 Å². The summed E-state index contributed by atoms with van der Waals surface area (Å²) in [6.07, 6.45) is 1.49. The number of nitrogens with one attached hydrogen (secondary N) is 1. The van der Waals surface area contributed by atoms with Crippen LogP contribution in [0.2, 0.25) is 0 Å². The molecule has 0 aliphatic carbocycles. The first kappa shape index (κ1) is 15.1. The molecule has 0 bridgehead atoms. The lowest BCUT2D eigenvalue weighted by atomic mass is 9.89. The Bertz CT molecular complexity index is 554. The fraction of sp³-hybridized carbons (Fsp3) is 0.278. The largest absolute Gasteiger partial charge is 0.481 e. The van der Waals surface area contributed by atoms with Gasteiger partial charge in [0.1, 0.15) is 0 Å². The van der Waals surface area contributed by atoms with Crippen molar-refractivity contribution in [1.29, 1.82) is 0 Å². The zero-order chi connectivity index (χ0) is 15.1. The standard InChI is InChI=1S/C18H21NO2/c1-2-9-16(18(20)21)17(14-10-5-3-6-11-14)19-15-12-7-4-8-13-15/h3-8,10-13,16-17,19H,2,9H2,1H3,(H,20,21)/t16-,17+/m0/s1. The van der Waals surface area contributed by atoms with E-state index in [1.807, 2.05) is 67.6 Å². The van der Waals surface area contributed by atoms with Gasteiger partial charge >= 0.3 is 5.97 Å². The molecular formula is C18H21NO2. The third-order valence-electron chi connectivity index (χ3n) is 3.57. The van der Waals surface area contributed by atoms with Gasteiger partial charge in [0.2, 0.25) is 0 Å². The van der Waals surface area contributed by atoms with Crippen molar-refractivity contribution in [1.82, 2.24) is 0 Å². The summed E-state index contributed by atoms with van der Waals surface area (Å²) in [6.45, 7) is 2.01. The Morgan fingerprint density at radius 2 is 1.62 bits per heavy atom. The van der Waals surface area contributed by atoms with Crippen LogP contribution in [0.5, 0.6) is 0 Å². The number of carboxylic acids is 1. The Balaban J connectivity index is 2.31. The van der Waals surface area contributed by atoms with Crippen molar-refractivity contribution in [2.24, 2.45) is 5.92 Å². The van der Waals surface area contributed by atoms with E-state index in [9.17, 15) is 9.90 Å². The molecule has 0 fully saturated rings. The summed E-state index contributed by atoms with van der Waals surface area (Å²) in [5, 5.41) is 13.0. The fourth-order valence-corrected chi connectivity index (χ4v) is 2.53. The molecule has 2 rings (SSSR count). The minimum Gasteiger partial charge on any atom is -0.481 e. The van der Waals surface area contributed by atoms with Gasteiger partial charge in [0.05, 0.1) is 12.0 Å². The second-order valence-electron chi connectivity index (χ2n) is 5.13. The van der Waals surface area contributed by atoms with E-state index in [1.54, 1.807) is 0 Å². The predicted molar refractivity (Wildman–Crippen MR) is 85.3 cm³/mol. The normalized spacial score (nSPS) is 13.4. The van der Waals surface area contributed by atoms with E-state index in [4.69, 9.17) is 0 Å². The number of hydrogen-bond donors (Lipinski definition) is 2. The monoisotopic (exact) mass is 283 g/mol. The lowest BCUT2D eigenvalue weighted by Crippen LogP contribution is -2.27. The maximum atomic E-state index is 11.7. The third-order valence-corrected chi connectivity index (χ3v) is 3.57. The Hall–Kier alpha value is -2.29. The van der Waals surface area contributed by atoms with E-state index in [0.717, 1.165) is 17.7 Å². The van der Waals surface area contributed by atoms with Gasteiger partial charge in [-0.2, -0.15) is 0 Å². The fourth-order valence-electron chi connectivity index (χ4n) is 2.53. The van der Waals surface area contributed by atoms with Gasteiger partial charge in [0, 0.05) is 5.69 Å². The first-order valence-electron chi connectivity index (χ1n) is 7.31. The van der Waals surface area contributed by atoms with Crippen LogP contribution in [0.1, 0.15) is 31.4 Å². The molecule has 0 saturated heterocycles. The number of hydrogen-bond acceptors (Lipinski definition) is 2. The number of carbonyl (C=O) groups is 1. The smallest absolute Gasteiger partial charge is 0.308 e. The van der Waals surface area contributed by atoms with Crippen molar-refractivity contribution < 1.29 is 9.90 Å². The molecule has 21 heavy (non-hydrogen) atoms. The summed E-state index contributed by atoms with van der Waals surface area (Å²) in [4.78, 5) is 11.7. The molecule has 0 amide bonds. The molecule has 0 spiro atoms. The SMILES string of the molecule is CCC[C@H](C(=O)O)[C@H](Nc1ccccc1)c1ccccc1. The van der Waals surface area contributed by atoms with Gasteiger partial charge in [-0.25, -0.2) is 0 Å². The van der Waals surface area contributed by atoms with Crippen molar-refractivity contribution in [2.75, 3.05) is 5.32 Å². The first-order chi connectivity index (χ1) is 10.2. The number of anilines is 1. The highest BCUT2D eigenvalue weighted by atomic mass is 16.4. The first-order valence-corrected chi connectivity index (χ1v) is 7.31. The summed E-state index contributed by atoms with van der Waals surface area (Å²) in [7, 11) is 0. The van der Waals surface area contributed by atoms with Crippen LogP contribution < -0.4 is 5.32 Å². The minimum absolute atomic E-state index is 0.231. The van der Waals surface area contributed by atoms with E-state index in [-0.39, 0.29) is 6.04 Å². The van der Waals surface area contributed by atoms with E-state index in [1.165, 1.54) is 0 Å². The summed E-state index contributed by atoms with van der Waals surface area (Å²) in [5.41, 5.74) is 1.94. The summed E-state index contributed by atoms with van der Waals surface area (Å²) in [5.74, 6) is -1.20. The van der Waals surface area contributed by atoms with Gasteiger partial charge in [-0.05, 0) is 24.1 Å². The molecule has 2 aromatic carbocycles. The van der Waals surface area contributed by atoms with Crippen molar-refractivity contribution >= 4 is 11.7 Å². The molecule has 0 saturated carbocycles. The molecule has 2 N–H and O–H groups in total. The van der Waals surface area contributed by atoms with Crippen LogP contribution >= 0.6 is 0 Å². The average molecular weight is 283 g/mol. The Morgan fingerprint density at radius 1 is 1.05 bits per heavy atom. The van der Waals surface area contributed by atoms with Crippen molar-refractivity contribution in [2.45, 2.75) is 25.8 Å². The average Bonchev–Trinajstić information content (AvgIpc) is 2.52. The van der Waals surface area contributed by atoms with Crippen LogP contribution in [0.4, 0.5) is 5.69 Å². The molecular weight excluding hydrogens is 262 g/mol. The number of benzene rings is 2. The summed E-state index contributed by atoms with van der Waals surface area (Å²) in [6, 6.07) is 19.3. The molecule has 0 aliphatic heterocycles. The number of carboxylic acid groups (broad SMARTS) is 1. The van der Waals surface area contributed by atoms with Crippen LogP contribution in [-0.2, 0) is 4.79 Å². The maximum absolute atomic E-state index is 11.7. The highest BCUT2D eigenvalue weighted by Crippen LogP contribution is 2.30. The Morgan fingerprint density at radius 3 is 2.14 bits per heavy atom. The number of para-hydroxylation sites is 1. The van der Waals surface area contributed by atoms with E-state index in [0.29, 0.717) is 6.42 Å². The van der Waals surface area contributed by atoms with Gasteiger partial charge in [-0.1, -0.05) is 61.9 Å².